The van der Waals surface area contributed by atoms with Gasteiger partial charge in [0.05, 0.1) is 0 Å². The smallest absolute Gasteiger partial charge is 0.408 e. The lowest BCUT2D eigenvalue weighted by Crippen LogP contribution is -2.60. The molecule has 0 aliphatic carbocycles. The Morgan fingerprint density at radius 1 is 1.09 bits per heavy atom. The molecule has 1 aromatic carbocycles. The van der Waals surface area contributed by atoms with E-state index in [9.17, 15) is 19.2 Å². The molecule has 0 radical (unpaired) electrons. The summed E-state index contributed by atoms with van der Waals surface area (Å²) in [5.74, 6) is -1.34. The number of nitrogens with one attached hydrogen (secondary N) is 2. The molecule has 9 heteroatoms. The molecule has 182 valence electrons. The topological polar surface area (TPSA) is 114 Å². The maximum Gasteiger partial charge on any atom is 0.408 e. The fourth-order valence-corrected chi connectivity index (χ4v) is 3.51. The Morgan fingerprint density at radius 2 is 1.76 bits per heavy atom. The summed E-state index contributed by atoms with van der Waals surface area (Å²) in [7, 11) is 0. The standard InChI is InChI=1S/C24H35N3O6/c1-6-24(5,26-19(28)15-25-22(31)33-23(2,3)4)21(30)27-14-10-13-18(27)20(29)32-16-17-11-8-7-9-12-17/h7-9,11-12,18H,6,10,13-16H2,1-5H3,(H,25,31)(H,26,28)/t18-,24+/m0/s1. The monoisotopic (exact) mass is 461 g/mol. The van der Waals surface area contributed by atoms with E-state index in [0.29, 0.717) is 25.8 Å². The van der Waals surface area contributed by atoms with Crippen molar-refractivity contribution in [3.63, 3.8) is 0 Å². The molecule has 1 saturated heterocycles. The summed E-state index contributed by atoms with van der Waals surface area (Å²) in [5.41, 5.74) is -1.05. The Morgan fingerprint density at radius 3 is 2.36 bits per heavy atom. The molecule has 0 saturated carbocycles. The number of esters is 1. The van der Waals surface area contributed by atoms with Crippen LogP contribution in [0.3, 0.4) is 0 Å². The lowest BCUT2D eigenvalue weighted by molar-refractivity contribution is -0.156. The second kappa shape index (κ2) is 11.2. The van der Waals surface area contributed by atoms with Gasteiger partial charge in [-0.25, -0.2) is 9.59 Å². The largest absolute Gasteiger partial charge is 0.459 e. The first-order valence-electron chi connectivity index (χ1n) is 11.2. The first-order chi connectivity index (χ1) is 15.4. The summed E-state index contributed by atoms with van der Waals surface area (Å²) in [6.45, 7) is 8.76. The van der Waals surface area contributed by atoms with Crippen LogP contribution >= 0.6 is 0 Å². The summed E-state index contributed by atoms with van der Waals surface area (Å²) in [5, 5.41) is 5.08. The van der Waals surface area contributed by atoms with Gasteiger partial charge in [0.1, 0.15) is 30.3 Å². The minimum Gasteiger partial charge on any atom is -0.459 e. The van der Waals surface area contributed by atoms with Gasteiger partial charge < -0.3 is 25.0 Å². The lowest BCUT2D eigenvalue weighted by Gasteiger charge is -2.35. The molecule has 0 unspecified atom stereocenters. The van der Waals surface area contributed by atoms with Gasteiger partial charge in [-0.2, -0.15) is 0 Å². The predicted molar refractivity (Wildman–Crippen MR) is 122 cm³/mol. The number of likely N-dealkylation sites (tertiary alicyclic amines) is 1. The number of rotatable bonds is 8. The molecule has 33 heavy (non-hydrogen) atoms. The summed E-state index contributed by atoms with van der Waals surface area (Å²) in [6.07, 6.45) is 0.771. The van der Waals surface area contributed by atoms with Gasteiger partial charge in [0.25, 0.3) is 0 Å². The second-order valence-electron chi connectivity index (χ2n) is 9.34. The minimum atomic E-state index is -1.23. The number of alkyl carbamates (subject to hydrolysis) is 1. The van der Waals surface area contributed by atoms with E-state index in [1.165, 1.54) is 4.90 Å². The maximum absolute atomic E-state index is 13.3. The maximum atomic E-state index is 13.3. The summed E-state index contributed by atoms with van der Waals surface area (Å²) in [4.78, 5) is 51.7. The molecule has 9 nitrogen and oxygen atoms in total. The van der Waals surface area contributed by atoms with Gasteiger partial charge >= 0.3 is 12.1 Å². The quantitative estimate of drug-likeness (QED) is 0.575. The zero-order valence-corrected chi connectivity index (χ0v) is 20.1. The normalized spacial score (nSPS) is 17.6. The Hall–Kier alpha value is -3.10. The van der Waals surface area contributed by atoms with E-state index in [4.69, 9.17) is 9.47 Å². The highest BCUT2D eigenvalue weighted by Crippen LogP contribution is 2.24. The number of hydrogen-bond donors (Lipinski definition) is 2. The minimum absolute atomic E-state index is 0.135. The van der Waals surface area contributed by atoms with E-state index in [2.05, 4.69) is 10.6 Å². The molecule has 0 bridgehead atoms. The number of benzene rings is 1. The third-order valence-corrected chi connectivity index (χ3v) is 5.40. The number of hydrogen-bond acceptors (Lipinski definition) is 6. The molecule has 0 spiro atoms. The zero-order valence-electron chi connectivity index (χ0n) is 20.1. The molecular formula is C24H35N3O6. The van der Waals surface area contributed by atoms with Crippen molar-refractivity contribution in [3.05, 3.63) is 35.9 Å². The van der Waals surface area contributed by atoms with Crippen LogP contribution in [0.1, 0.15) is 59.4 Å². The molecule has 0 aromatic heterocycles. The highest BCUT2D eigenvalue weighted by atomic mass is 16.6. The van der Waals surface area contributed by atoms with Crippen molar-refractivity contribution in [2.75, 3.05) is 13.1 Å². The third kappa shape index (κ3) is 7.76. The van der Waals surface area contributed by atoms with E-state index < -0.39 is 35.2 Å². The number of amides is 3. The van der Waals surface area contributed by atoms with Crippen molar-refractivity contribution in [2.45, 2.75) is 77.7 Å². The molecule has 2 atom stereocenters. The molecule has 3 amide bonds. The van der Waals surface area contributed by atoms with Crippen LogP contribution in [0, 0.1) is 0 Å². The van der Waals surface area contributed by atoms with Crippen LogP contribution in [0.2, 0.25) is 0 Å². The molecule has 2 rings (SSSR count). The van der Waals surface area contributed by atoms with Gasteiger partial charge in [-0.1, -0.05) is 37.3 Å². The lowest BCUT2D eigenvalue weighted by atomic mass is 9.96. The molecule has 1 aromatic rings. The third-order valence-electron chi connectivity index (χ3n) is 5.40. The van der Waals surface area contributed by atoms with Crippen LogP contribution in [0.4, 0.5) is 4.79 Å². The summed E-state index contributed by atoms with van der Waals surface area (Å²) in [6, 6.07) is 8.64. The number of ether oxygens (including phenoxy) is 2. The fraction of sp³-hybridized carbons (Fsp3) is 0.583. The molecular weight excluding hydrogens is 426 g/mol. The van der Waals surface area contributed by atoms with Crippen LogP contribution < -0.4 is 10.6 Å². The Bertz CT molecular complexity index is 852. The molecule has 2 N–H and O–H groups in total. The number of carbonyl (C=O) groups excluding carboxylic acids is 4. The number of carbonyl (C=O) groups is 4. The van der Waals surface area contributed by atoms with Gasteiger partial charge in [0.15, 0.2) is 0 Å². The van der Waals surface area contributed by atoms with Crippen molar-refractivity contribution < 1.29 is 28.7 Å². The Labute approximate surface area is 195 Å². The van der Waals surface area contributed by atoms with Crippen LogP contribution in [0.15, 0.2) is 30.3 Å². The average Bonchev–Trinajstić information content (AvgIpc) is 3.25. The summed E-state index contributed by atoms with van der Waals surface area (Å²) >= 11 is 0. The van der Waals surface area contributed by atoms with E-state index >= 15 is 0 Å². The Kier molecular flexibility index (Phi) is 8.84. The van der Waals surface area contributed by atoms with Gasteiger partial charge in [0.2, 0.25) is 11.8 Å². The SMILES string of the molecule is CC[C@@](C)(NC(=O)CNC(=O)OC(C)(C)C)C(=O)N1CCC[C@H]1C(=O)OCc1ccccc1. The second-order valence-corrected chi connectivity index (χ2v) is 9.34. The number of nitrogens with zero attached hydrogens (tertiary/aromatic N) is 1. The van der Waals surface area contributed by atoms with E-state index in [-0.39, 0.29) is 19.1 Å². The van der Waals surface area contributed by atoms with Crippen molar-refractivity contribution in [3.8, 4) is 0 Å². The van der Waals surface area contributed by atoms with Crippen LogP contribution in [-0.4, -0.2) is 59.0 Å². The predicted octanol–water partition coefficient (Wildman–Crippen LogP) is 2.53. The van der Waals surface area contributed by atoms with Crippen molar-refractivity contribution in [2.24, 2.45) is 0 Å². The zero-order chi connectivity index (χ0) is 24.6. The van der Waals surface area contributed by atoms with Crippen LogP contribution in [0.25, 0.3) is 0 Å². The fourth-order valence-electron chi connectivity index (χ4n) is 3.51. The average molecular weight is 462 g/mol. The molecule has 1 aliphatic rings. The summed E-state index contributed by atoms with van der Waals surface area (Å²) < 4.78 is 10.6. The first kappa shape index (κ1) is 26.2. The van der Waals surface area contributed by atoms with Gasteiger partial charge in [-0.3, -0.25) is 9.59 Å². The van der Waals surface area contributed by atoms with Crippen LogP contribution in [0.5, 0.6) is 0 Å². The molecule has 1 fully saturated rings. The van der Waals surface area contributed by atoms with E-state index in [1.54, 1.807) is 34.6 Å². The molecule has 1 heterocycles. The first-order valence-corrected chi connectivity index (χ1v) is 11.2. The van der Waals surface area contributed by atoms with Gasteiger partial charge in [0, 0.05) is 6.54 Å². The van der Waals surface area contributed by atoms with Crippen molar-refractivity contribution in [1.82, 2.24) is 15.5 Å². The van der Waals surface area contributed by atoms with Crippen molar-refractivity contribution in [1.29, 1.82) is 0 Å². The van der Waals surface area contributed by atoms with Gasteiger partial charge in [-0.05, 0) is 52.5 Å². The highest BCUT2D eigenvalue weighted by molar-refractivity contribution is 5.94. The molecule has 1 aliphatic heterocycles. The van der Waals surface area contributed by atoms with Crippen LogP contribution in [-0.2, 0) is 30.5 Å². The van der Waals surface area contributed by atoms with E-state index in [1.807, 2.05) is 30.3 Å². The highest BCUT2D eigenvalue weighted by Gasteiger charge is 2.43. The van der Waals surface area contributed by atoms with E-state index in [0.717, 1.165) is 5.56 Å². The van der Waals surface area contributed by atoms with Crippen molar-refractivity contribution >= 4 is 23.9 Å². The van der Waals surface area contributed by atoms with Gasteiger partial charge in [-0.15, -0.1) is 0 Å². The Balaban J connectivity index is 1.96.